The molecular formula is C20H22N2O6. The zero-order valence-corrected chi connectivity index (χ0v) is 15.6. The SMILES string of the molecule is COc1ccc([N+](=O)[O-])cc1NC(=O)CCC(=O)OCCCc1ccccc1. The second-order valence-electron chi connectivity index (χ2n) is 6.00. The Kier molecular flexibility index (Phi) is 7.95. The van der Waals surface area contributed by atoms with Crippen LogP contribution in [0.3, 0.4) is 0 Å². The van der Waals surface area contributed by atoms with Crippen molar-refractivity contribution in [2.45, 2.75) is 25.7 Å². The number of rotatable bonds is 10. The van der Waals surface area contributed by atoms with Crippen LogP contribution in [0.1, 0.15) is 24.8 Å². The lowest BCUT2D eigenvalue weighted by molar-refractivity contribution is -0.384. The van der Waals surface area contributed by atoms with E-state index in [2.05, 4.69) is 5.32 Å². The van der Waals surface area contributed by atoms with Gasteiger partial charge in [0.1, 0.15) is 5.75 Å². The van der Waals surface area contributed by atoms with Gasteiger partial charge in [-0.15, -0.1) is 0 Å². The van der Waals surface area contributed by atoms with E-state index in [-0.39, 0.29) is 30.8 Å². The second kappa shape index (κ2) is 10.7. The fourth-order valence-electron chi connectivity index (χ4n) is 2.51. The van der Waals surface area contributed by atoms with Crippen molar-refractivity contribution in [1.82, 2.24) is 0 Å². The molecule has 0 fully saturated rings. The van der Waals surface area contributed by atoms with Gasteiger partial charge in [-0.1, -0.05) is 30.3 Å². The van der Waals surface area contributed by atoms with Crippen molar-refractivity contribution in [2.75, 3.05) is 19.0 Å². The Balaban J connectivity index is 1.73. The number of nitrogens with zero attached hydrogens (tertiary/aromatic N) is 1. The molecule has 0 spiro atoms. The smallest absolute Gasteiger partial charge is 0.306 e. The van der Waals surface area contributed by atoms with Crippen molar-refractivity contribution in [2.24, 2.45) is 0 Å². The molecule has 0 bridgehead atoms. The molecule has 0 heterocycles. The lowest BCUT2D eigenvalue weighted by Gasteiger charge is -2.10. The van der Waals surface area contributed by atoms with Crippen LogP contribution in [0.2, 0.25) is 0 Å². The number of hydrogen-bond acceptors (Lipinski definition) is 6. The van der Waals surface area contributed by atoms with E-state index in [9.17, 15) is 19.7 Å². The van der Waals surface area contributed by atoms with Crippen LogP contribution in [0.15, 0.2) is 48.5 Å². The van der Waals surface area contributed by atoms with Crippen molar-refractivity contribution < 1.29 is 24.0 Å². The highest BCUT2D eigenvalue weighted by molar-refractivity contribution is 5.94. The summed E-state index contributed by atoms with van der Waals surface area (Å²) in [6.07, 6.45) is 1.34. The van der Waals surface area contributed by atoms with Crippen LogP contribution in [-0.2, 0) is 20.7 Å². The molecule has 0 atom stereocenters. The third-order valence-electron chi connectivity index (χ3n) is 3.94. The van der Waals surface area contributed by atoms with Crippen LogP contribution in [0, 0.1) is 10.1 Å². The number of nitro benzene ring substituents is 1. The third kappa shape index (κ3) is 6.71. The predicted molar refractivity (Wildman–Crippen MR) is 103 cm³/mol. The Bertz CT molecular complexity index is 823. The van der Waals surface area contributed by atoms with Crippen LogP contribution in [0.4, 0.5) is 11.4 Å². The molecule has 8 nitrogen and oxygen atoms in total. The first-order chi connectivity index (χ1) is 13.5. The first-order valence-electron chi connectivity index (χ1n) is 8.81. The standard InChI is InChI=1S/C20H22N2O6/c1-27-18-10-9-16(22(25)26)14-17(18)21-19(23)11-12-20(24)28-13-5-8-15-6-3-2-4-7-15/h2-4,6-7,9-10,14H,5,8,11-13H2,1H3,(H,21,23). The predicted octanol–water partition coefficient (Wildman–Crippen LogP) is 3.50. The normalized spacial score (nSPS) is 10.2. The highest BCUT2D eigenvalue weighted by atomic mass is 16.6. The Morgan fingerprint density at radius 3 is 2.54 bits per heavy atom. The van der Waals surface area contributed by atoms with E-state index in [1.54, 1.807) is 0 Å². The fraction of sp³-hybridized carbons (Fsp3) is 0.300. The van der Waals surface area contributed by atoms with Gasteiger partial charge >= 0.3 is 5.97 Å². The van der Waals surface area contributed by atoms with Crippen molar-refractivity contribution in [3.8, 4) is 5.75 Å². The zero-order valence-electron chi connectivity index (χ0n) is 15.6. The number of non-ortho nitro benzene ring substituents is 1. The van der Waals surface area contributed by atoms with Gasteiger partial charge in [0.2, 0.25) is 5.91 Å². The summed E-state index contributed by atoms with van der Waals surface area (Å²) in [5.41, 5.74) is 1.18. The fourth-order valence-corrected chi connectivity index (χ4v) is 2.51. The average molecular weight is 386 g/mol. The summed E-state index contributed by atoms with van der Waals surface area (Å²) in [7, 11) is 1.39. The quantitative estimate of drug-likeness (QED) is 0.290. The Labute approximate surface area is 162 Å². The molecule has 2 aromatic rings. The number of aryl methyl sites for hydroxylation is 1. The molecule has 0 radical (unpaired) electrons. The van der Waals surface area contributed by atoms with Gasteiger partial charge in [-0.2, -0.15) is 0 Å². The average Bonchev–Trinajstić information content (AvgIpc) is 2.70. The van der Waals surface area contributed by atoms with Gasteiger partial charge in [-0.25, -0.2) is 0 Å². The maximum absolute atomic E-state index is 12.0. The summed E-state index contributed by atoms with van der Waals surface area (Å²) in [6, 6.07) is 13.8. The van der Waals surface area contributed by atoms with E-state index in [0.717, 1.165) is 6.42 Å². The molecule has 0 aliphatic rings. The van der Waals surface area contributed by atoms with Gasteiger partial charge in [0.15, 0.2) is 0 Å². The van der Waals surface area contributed by atoms with Gasteiger partial charge in [0, 0.05) is 18.6 Å². The van der Waals surface area contributed by atoms with Crippen LogP contribution in [-0.4, -0.2) is 30.5 Å². The van der Waals surface area contributed by atoms with E-state index in [0.29, 0.717) is 12.2 Å². The van der Waals surface area contributed by atoms with Crippen LogP contribution < -0.4 is 10.1 Å². The molecular weight excluding hydrogens is 364 g/mol. The highest BCUT2D eigenvalue weighted by Gasteiger charge is 2.15. The number of benzene rings is 2. The largest absolute Gasteiger partial charge is 0.495 e. The Morgan fingerprint density at radius 1 is 1.11 bits per heavy atom. The van der Waals surface area contributed by atoms with E-state index in [4.69, 9.17) is 9.47 Å². The minimum Gasteiger partial charge on any atom is -0.495 e. The molecule has 1 N–H and O–H groups in total. The molecule has 2 rings (SSSR count). The monoisotopic (exact) mass is 386 g/mol. The van der Waals surface area contributed by atoms with E-state index in [1.807, 2.05) is 30.3 Å². The molecule has 28 heavy (non-hydrogen) atoms. The van der Waals surface area contributed by atoms with Crippen LogP contribution in [0.25, 0.3) is 0 Å². The van der Waals surface area contributed by atoms with Crippen LogP contribution >= 0.6 is 0 Å². The first kappa shape index (κ1) is 20.9. The topological polar surface area (TPSA) is 108 Å². The summed E-state index contributed by atoms with van der Waals surface area (Å²) in [5.74, 6) is -0.628. The molecule has 1 amide bonds. The number of methoxy groups -OCH3 is 1. The number of carbonyl (C=O) groups is 2. The van der Waals surface area contributed by atoms with Gasteiger partial charge in [-0.05, 0) is 24.5 Å². The summed E-state index contributed by atoms with van der Waals surface area (Å²) >= 11 is 0. The Hall–Kier alpha value is -3.42. The number of carbonyl (C=O) groups excluding carboxylic acids is 2. The molecule has 0 saturated carbocycles. The zero-order chi connectivity index (χ0) is 20.4. The number of nitrogens with one attached hydrogen (secondary N) is 1. The molecule has 2 aromatic carbocycles. The third-order valence-corrected chi connectivity index (χ3v) is 3.94. The van der Waals surface area contributed by atoms with E-state index in [1.165, 1.54) is 30.9 Å². The Morgan fingerprint density at radius 2 is 1.86 bits per heavy atom. The number of esters is 1. The van der Waals surface area contributed by atoms with Gasteiger partial charge in [-0.3, -0.25) is 19.7 Å². The molecule has 8 heteroatoms. The highest BCUT2D eigenvalue weighted by Crippen LogP contribution is 2.29. The van der Waals surface area contributed by atoms with Crippen molar-refractivity contribution in [3.05, 3.63) is 64.2 Å². The minimum absolute atomic E-state index is 0.0750. The lowest BCUT2D eigenvalue weighted by Crippen LogP contribution is -2.15. The lowest BCUT2D eigenvalue weighted by atomic mass is 10.1. The van der Waals surface area contributed by atoms with Crippen molar-refractivity contribution in [3.63, 3.8) is 0 Å². The summed E-state index contributed by atoms with van der Waals surface area (Å²) in [5, 5.41) is 13.4. The molecule has 0 unspecified atom stereocenters. The maximum Gasteiger partial charge on any atom is 0.306 e. The number of anilines is 1. The molecule has 0 aromatic heterocycles. The second-order valence-corrected chi connectivity index (χ2v) is 6.00. The van der Waals surface area contributed by atoms with E-state index >= 15 is 0 Å². The minimum atomic E-state index is -0.568. The first-order valence-corrected chi connectivity index (χ1v) is 8.81. The number of hydrogen-bond donors (Lipinski definition) is 1. The number of ether oxygens (including phenoxy) is 2. The number of nitro groups is 1. The van der Waals surface area contributed by atoms with Crippen molar-refractivity contribution >= 4 is 23.3 Å². The van der Waals surface area contributed by atoms with E-state index < -0.39 is 16.8 Å². The van der Waals surface area contributed by atoms with Gasteiger partial charge in [0.25, 0.3) is 5.69 Å². The maximum atomic E-state index is 12.0. The molecule has 0 aliphatic carbocycles. The molecule has 0 saturated heterocycles. The van der Waals surface area contributed by atoms with Gasteiger partial charge < -0.3 is 14.8 Å². The number of amides is 1. The van der Waals surface area contributed by atoms with Crippen molar-refractivity contribution in [1.29, 1.82) is 0 Å². The summed E-state index contributed by atoms with van der Waals surface area (Å²) in [6.45, 7) is 0.286. The molecule has 0 aliphatic heterocycles. The van der Waals surface area contributed by atoms with Crippen LogP contribution in [0.5, 0.6) is 5.75 Å². The molecule has 148 valence electrons. The summed E-state index contributed by atoms with van der Waals surface area (Å²) in [4.78, 5) is 34.1. The van der Waals surface area contributed by atoms with Gasteiger partial charge in [0.05, 0.1) is 30.7 Å². The summed E-state index contributed by atoms with van der Waals surface area (Å²) < 4.78 is 10.2.